The Kier molecular flexibility index (Phi) is 3.13. The predicted octanol–water partition coefficient (Wildman–Crippen LogP) is 4.73. The summed E-state index contributed by atoms with van der Waals surface area (Å²) in [6.45, 7) is 0. The molecule has 0 aliphatic carbocycles. The first kappa shape index (κ1) is 12.7. The quantitative estimate of drug-likeness (QED) is 0.495. The molecule has 1 aliphatic heterocycles. The van der Waals surface area contributed by atoms with E-state index < -0.39 is 0 Å². The summed E-state index contributed by atoms with van der Waals surface area (Å²) in [5, 5.41) is 0. The molecule has 0 radical (unpaired) electrons. The minimum absolute atomic E-state index is 0.981. The summed E-state index contributed by atoms with van der Waals surface area (Å²) in [6.07, 6.45) is 7.91. The summed E-state index contributed by atoms with van der Waals surface area (Å²) in [5.41, 5.74) is 6.38. The number of fused-ring (bicyclic) bond motifs is 2. The van der Waals surface area contributed by atoms with E-state index in [1.807, 2.05) is 48.8 Å². The number of rotatable bonds is 1. The van der Waals surface area contributed by atoms with Crippen molar-refractivity contribution in [3.63, 3.8) is 0 Å². The average molecular weight is 282 g/mol. The Hall–Kier alpha value is -3.00. The third-order valence-electron chi connectivity index (χ3n) is 3.77. The van der Waals surface area contributed by atoms with Crippen molar-refractivity contribution in [1.29, 1.82) is 0 Å². The molecule has 1 aliphatic rings. The lowest BCUT2D eigenvalue weighted by molar-refractivity contribution is 1.30. The molecule has 2 nitrogen and oxygen atoms in total. The fraction of sp³-hybridized carbons (Fsp3) is 0. The minimum atomic E-state index is 0.981. The lowest BCUT2D eigenvalue weighted by atomic mass is 9.96. The summed E-state index contributed by atoms with van der Waals surface area (Å²) < 4.78 is 0. The van der Waals surface area contributed by atoms with Gasteiger partial charge in [0.2, 0.25) is 0 Å². The maximum atomic E-state index is 4.95. The van der Waals surface area contributed by atoms with Crippen LogP contribution in [0.5, 0.6) is 0 Å². The minimum Gasteiger partial charge on any atom is -0.264 e. The molecule has 0 saturated carbocycles. The number of aromatic nitrogens is 1. The summed E-state index contributed by atoms with van der Waals surface area (Å²) in [7, 11) is 0. The molecular formula is C20H14N2. The summed E-state index contributed by atoms with van der Waals surface area (Å²) in [6, 6.07) is 20.5. The van der Waals surface area contributed by atoms with E-state index in [0.717, 1.165) is 33.7 Å². The lowest BCUT2D eigenvalue weighted by Gasteiger charge is -2.13. The Morgan fingerprint density at radius 2 is 1.45 bits per heavy atom. The zero-order valence-electron chi connectivity index (χ0n) is 12.0. The van der Waals surface area contributed by atoms with Gasteiger partial charge in [-0.2, -0.15) is 0 Å². The van der Waals surface area contributed by atoms with Crippen LogP contribution in [0.25, 0.3) is 12.2 Å². The fourth-order valence-electron chi connectivity index (χ4n) is 2.66. The predicted molar refractivity (Wildman–Crippen MR) is 91.3 cm³/mol. The van der Waals surface area contributed by atoms with Gasteiger partial charge in [-0.05, 0) is 12.1 Å². The largest absolute Gasteiger partial charge is 0.264 e. The maximum absolute atomic E-state index is 4.95. The number of para-hydroxylation sites is 1. The Labute approximate surface area is 129 Å². The highest BCUT2D eigenvalue weighted by molar-refractivity contribution is 6.16. The van der Waals surface area contributed by atoms with Crippen LogP contribution in [0.1, 0.15) is 22.3 Å². The molecule has 3 aromatic rings. The Morgan fingerprint density at radius 3 is 2.36 bits per heavy atom. The van der Waals surface area contributed by atoms with E-state index >= 15 is 0 Å². The summed E-state index contributed by atoms with van der Waals surface area (Å²) in [5.74, 6) is 0. The standard InChI is InChI=1S/C20H14N2/c1-2-7-16(8-3-1)20-18-12-13-21-14-17(18)11-10-15-6-4-5-9-19(15)22-20/h1-14H. The van der Waals surface area contributed by atoms with Crippen LogP contribution in [-0.4, -0.2) is 10.7 Å². The van der Waals surface area contributed by atoms with E-state index in [1.165, 1.54) is 0 Å². The summed E-state index contributed by atoms with van der Waals surface area (Å²) in [4.78, 5) is 9.20. The van der Waals surface area contributed by atoms with Gasteiger partial charge in [0.05, 0.1) is 11.4 Å². The van der Waals surface area contributed by atoms with Gasteiger partial charge in [0.1, 0.15) is 0 Å². The van der Waals surface area contributed by atoms with Crippen molar-refractivity contribution in [1.82, 2.24) is 4.98 Å². The van der Waals surface area contributed by atoms with Gasteiger partial charge in [0.15, 0.2) is 0 Å². The molecule has 0 N–H and O–H groups in total. The highest BCUT2D eigenvalue weighted by Gasteiger charge is 2.13. The monoisotopic (exact) mass is 282 g/mol. The van der Waals surface area contributed by atoms with Crippen molar-refractivity contribution in [2.45, 2.75) is 0 Å². The molecule has 0 spiro atoms. The Balaban J connectivity index is 2.02. The first-order valence-electron chi connectivity index (χ1n) is 7.27. The van der Waals surface area contributed by atoms with Gasteiger partial charge < -0.3 is 0 Å². The molecule has 4 rings (SSSR count). The van der Waals surface area contributed by atoms with Gasteiger partial charge in [-0.15, -0.1) is 0 Å². The Bertz CT molecular complexity index is 877. The smallest absolute Gasteiger partial charge is 0.0788 e. The zero-order chi connectivity index (χ0) is 14.8. The van der Waals surface area contributed by atoms with Crippen molar-refractivity contribution in [3.8, 4) is 0 Å². The number of hydrogen-bond donors (Lipinski definition) is 0. The zero-order valence-corrected chi connectivity index (χ0v) is 12.0. The molecule has 0 amide bonds. The van der Waals surface area contributed by atoms with Crippen molar-refractivity contribution < 1.29 is 0 Å². The van der Waals surface area contributed by atoms with Crippen LogP contribution in [-0.2, 0) is 0 Å². The third kappa shape index (κ3) is 2.25. The van der Waals surface area contributed by atoms with E-state index in [9.17, 15) is 0 Å². The molecule has 0 atom stereocenters. The molecule has 2 heteroatoms. The average Bonchev–Trinajstić information content (AvgIpc) is 2.58. The molecule has 22 heavy (non-hydrogen) atoms. The number of nitrogens with zero attached hydrogens (tertiary/aromatic N) is 2. The van der Waals surface area contributed by atoms with E-state index in [1.54, 1.807) is 0 Å². The fourth-order valence-corrected chi connectivity index (χ4v) is 2.66. The van der Waals surface area contributed by atoms with E-state index in [2.05, 4.69) is 41.4 Å². The molecule has 1 aromatic heterocycles. The molecule has 0 saturated heterocycles. The lowest BCUT2D eigenvalue weighted by Crippen LogP contribution is -2.06. The Morgan fingerprint density at radius 1 is 0.682 bits per heavy atom. The highest BCUT2D eigenvalue weighted by Crippen LogP contribution is 2.28. The van der Waals surface area contributed by atoms with Gasteiger partial charge in [0, 0.05) is 34.6 Å². The van der Waals surface area contributed by atoms with Crippen LogP contribution in [0, 0.1) is 0 Å². The van der Waals surface area contributed by atoms with Gasteiger partial charge in [-0.25, -0.2) is 4.99 Å². The molecule has 0 bridgehead atoms. The van der Waals surface area contributed by atoms with Crippen LogP contribution < -0.4 is 0 Å². The molecular weight excluding hydrogens is 268 g/mol. The normalized spacial score (nSPS) is 12.6. The molecule has 2 aromatic carbocycles. The SMILES string of the molecule is C1=Cc2cnccc2C(c2ccccc2)=Nc2ccccc21. The van der Waals surface area contributed by atoms with E-state index in [-0.39, 0.29) is 0 Å². The summed E-state index contributed by atoms with van der Waals surface area (Å²) >= 11 is 0. The first-order valence-corrected chi connectivity index (χ1v) is 7.27. The molecule has 0 fully saturated rings. The second-order valence-electron chi connectivity index (χ2n) is 5.18. The van der Waals surface area contributed by atoms with Gasteiger partial charge in [-0.3, -0.25) is 4.98 Å². The maximum Gasteiger partial charge on any atom is 0.0788 e. The first-order chi connectivity index (χ1) is 10.9. The van der Waals surface area contributed by atoms with Crippen molar-refractivity contribution in [2.75, 3.05) is 0 Å². The van der Waals surface area contributed by atoms with Gasteiger partial charge in [-0.1, -0.05) is 60.7 Å². The van der Waals surface area contributed by atoms with Gasteiger partial charge in [0.25, 0.3) is 0 Å². The van der Waals surface area contributed by atoms with Crippen molar-refractivity contribution >= 4 is 23.6 Å². The van der Waals surface area contributed by atoms with Crippen LogP contribution in [0.4, 0.5) is 5.69 Å². The van der Waals surface area contributed by atoms with E-state index in [4.69, 9.17) is 4.99 Å². The number of pyridine rings is 1. The molecule has 0 unspecified atom stereocenters. The van der Waals surface area contributed by atoms with Crippen molar-refractivity contribution in [3.05, 3.63) is 95.3 Å². The van der Waals surface area contributed by atoms with Crippen LogP contribution in [0.2, 0.25) is 0 Å². The highest BCUT2D eigenvalue weighted by atomic mass is 14.8. The second kappa shape index (κ2) is 5.41. The molecule has 2 heterocycles. The number of aliphatic imine (C=N–C) groups is 1. The molecule has 104 valence electrons. The second-order valence-corrected chi connectivity index (χ2v) is 5.18. The number of benzene rings is 2. The number of hydrogen-bond acceptors (Lipinski definition) is 2. The van der Waals surface area contributed by atoms with Crippen LogP contribution in [0.15, 0.2) is 78.0 Å². The van der Waals surface area contributed by atoms with Crippen LogP contribution >= 0.6 is 0 Å². The van der Waals surface area contributed by atoms with E-state index in [0.29, 0.717) is 0 Å². The third-order valence-corrected chi connectivity index (χ3v) is 3.77. The van der Waals surface area contributed by atoms with Crippen LogP contribution in [0.3, 0.4) is 0 Å². The van der Waals surface area contributed by atoms with Crippen molar-refractivity contribution in [2.24, 2.45) is 4.99 Å². The van der Waals surface area contributed by atoms with Gasteiger partial charge >= 0.3 is 0 Å². The topological polar surface area (TPSA) is 25.2 Å².